The minimum Gasteiger partial charge on any atom is -0.462 e. The smallest absolute Gasteiger partial charge is 0.333 e. The molecule has 0 radical (unpaired) electrons. The Kier molecular flexibility index (Phi) is 16.3. The van der Waals surface area contributed by atoms with E-state index in [9.17, 15) is 4.79 Å². The number of hydrogen-bond donors (Lipinski definition) is 0. The predicted molar refractivity (Wildman–Crippen MR) is 79.2 cm³/mol. The fourth-order valence-corrected chi connectivity index (χ4v) is 8.94. The first-order chi connectivity index (χ1) is 7.09. The lowest BCUT2D eigenvalue weighted by molar-refractivity contribution is -0.138. The highest BCUT2D eigenvalue weighted by Gasteiger charge is 2.01. The zero-order chi connectivity index (χ0) is 12.1. The number of esters is 1. The van der Waals surface area contributed by atoms with Crippen LogP contribution in [-0.4, -0.2) is 57.5 Å². The molecule has 0 heterocycles. The van der Waals surface area contributed by atoms with Crippen molar-refractivity contribution in [2.75, 3.05) is 13.7 Å². The predicted octanol–water partition coefficient (Wildman–Crippen LogP) is -2.64. The fraction of sp³-hybridized carbons (Fsp3) is 0.625. The molecule has 0 atom stereocenters. The van der Waals surface area contributed by atoms with Crippen LogP contribution in [0.15, 0.2) is 12.2 Å². The topological polar surface area (TPSA) is 35.5 Å². The quantitative estimate of drug-likeness (QED) is 0.231. The molecule has 0 saturated carbocycles. The van der Waals surface area contributed by atoms with Crippen LogP contribution >= 0.6 is 0 Å². The molecule has 15 heavy (non-hydrogen) atoms. The largest absolute Gasteiger partial charge is 0.462 e. The van der Waals surface area contributed by atoms with Crippen LogP contribution in [-0.2, 0) is 14.0 Å². The van der Waals surface area contributed by atoms with Gasteiger partial charge in [-0.25, -0.2) is 4.79 Å². The van der Waals surface area contributed by atoms with Crippen molar-refractivity contribution in [1.29, 1.82) is 0 Å². The number of ether oxygens (including phenoxy) is 1. The van der Waals surface area contributed by atoms with Gasteiger partial charge in [0.05, 0.1) is 6.61 Å². The van der Waals surface area contributed by atoms with Crippen LogP contribution in [0.5, 0.6) is 0 Å². The Morgan fingerprint density at radius 3 is 2.47 bits per heavy atom. The Hall–Kier alpha value is 0.0375. The molecule has 0 saturated heterocycles. The number of carbonyl (C=O) groups excluding carboxylic acids is 1. The third-order valence-corrected chi connectivity index (χ3v) is 13.3. The molecule has 0 fully saturated rings. The molecule has 0 aromatic rings. The molecule has 0 aliphatic carbocycles. The summed E-state index contributed by atoms with van der Waals surface area (Å²) in [5.74, 6) is -0.236. The zero-order valence-electron chi connectivity index (χ0n) is 10.5. The lowest BCUT2D eigenvalue weighted by Gasteiger charge is -2.02. The molecule has 0 amide bonds. The van der Waals surface area contributed by atoms with Crippen molar-refractivity contribution in [2.45, 2.75) is 19.4 Å². The summed E-state index contributed by atoms with van der Waals surface area (Å²) in [7, 11) is 4.85. The van der Waals surface area contributed by atoms with Gasteiger partial charge in [-0.15, -0.1) is 0 Å². The maximum atomic E-state index is 10.9. The maximum absolute atomic E-state index is 10.9. The Bertz CT molecular complexity index is 175. The summed E-state index contributed by atoms with van der Waals surface area (Å²) in [4.78, 5) is 10.9. The van der Waals surface area contributed by atoms with E-state index in [0.29, 0.717) is 29.8 Å². The van der Waals surface area contributed by atoms with Crippen molar-refractivity contribution >= 4 is 43.8 Å². The Balaban J connectivity index is 0. The Labute approximate surface area is 103 Å². The molecule has 3 nitrogen and oxygen atoms in total. The number of hydrogen-bond acceptors (Lipinski definition) is 3. The Morgan fingerprint density at radius 2 is 2.07 bits per heavy atom. The number of carbonyl (C=O) groups is 1. The van der Waals surface area contributed by atoms with Crippen molar-refractivity contribution in [3.8, 4) is 0 Å². The fourth-order valence-electron chi connectivity index (χ4n) is 0.817. The molecule has 0 N–H and O–H groups in total. The van der Waals surface area contributed by atoms with Crippen LogP contribution in [0, 0.1) is 0 Å². The molecule has 0 unspecified atom stereocenters. The van der Waals surface area contributed by atoms with Crippen LogP contribution in [0.1, 0.15) is 13.3 Å². The third kappa shape index (κ3) is 16.7. The van der Waals surface area contributed by atoms with Gasteiger partial charge in [0.1, 0.15) is 10.5 Å². The van der Waals surface area contributed by atoms with Crippen molar-refractivity contribution in [1.82, 2.24) is 0 Å². The second-order valence-electron chi connectivity index (χ2n) is 3.39. The van der Waals surface area contributed by atoms with Crippen molar-refractivity contribution in [2.24, 2.45) is 0 Å². The van der Waals surface area contributed by atoms with Crippen LogP contribution in [0.3, 0.4) is 0 Å². The lowest BCUT2D eigenvalue weighted by Crippen LogP contribution is -2.08. The van der Waals surface area contributed by atoms with Crippen molar-refractivity contribution < 1.29 is 14.0 Å². The molecule has 0 rings (SSSR count). The second-order valence-corrected chi connectivity index (χ2v) is 20.7. The SMILES string of the molecule is C=C(C)C(=O)OCCC[SiH2][SiH2][SiH3].CO[SiH3]. The molecule has 7 heteroatoms. The summed E-state index contributed by atoms with van der Waals surface area (Å²) in [6, 6.07) is 1.37. The highest BCUT2D eigenvalue weighted by Crippen LogP contribution is 1.95. The van der Waals surface area contributed by atoms with E-state index in [1.54, 1.807) is 14.0 Å². The lowest BCUT2D eigenvalue weighted by atomic mass is 10.4. The first kappa shape index (κ1) is 17.4. The summed E-state index contributed by atoms with van der Waals surface area (Å²) >= 11 is 0. The molecule has 0 bridgehead atoms. The highest BCUT2D eigenvalue weighted by atomic mass is 29.5. The monoisotopic (exact) mass is 280 g/mol. The minimum absolute atomic E-state index is 0.236. The molecule has 0 aromatic heterocycles. The average Bonchev–Trinajstić information content (AvgIpc) is 2.18. The molecular formula is C8H24O3Si4. The normalized spacial score (nSPS) is 10.8. The highest BCUT2D eigenvalue weighted by molar-refractivity contribution is 7.23. The molecule has 0 aliphatic heterocycles. The minimum atomic E-state index is -0.236. The summed E-state index contributed by atoms with van der Waals surface area (Å²) in [5, 5.41) is 0. The van der Waals surface area contributed by atoms with E-state index in [1.165, 1.54) is 15.8 Å². The first-order valence-corrected chi connectivity index (χ1v) is 16.8. The summed E-state index contributed by atoms with van der Waals surface area (Å²) < 4.78 is 9.35. The molecular weight excluding hydrogens is 256 g/mol. The third-order valence-electron chi connectivity index (χ3n) is 1.58. The van der Waals surface area contributed by atoms with Crippen molar-refractivity contribution in [3.05, 3.63) is 12.2 Å². The summed E-state index contributed by atoms with van der Waals surface area (Å²) in [5.41, 5.74) is 0.504. The van der Waals surface area contributed by atoms with E-state index in [1.807, 2.05) is 0 Å². The molecule has 90 valence electrons. The average molecular weight is 281 g/mol. The van der Waals surface area contributed by atoms with Gasteiger partial charge < -0.3 is 9.16 Å². The van der Waals surface area contributed by atoms with E-state index in [2.05, 4.69) is 11.0 Å². The van der Waals surface area contributed by atoms with Gasteiger partial charge in [-0.3, -0.25) is 0 Å². The summed E-state index contributed by atoms with van der Waals surface area (Å²) in [6.45, 7) is 5.80. The van der Waals surface area contributed by atoms with Gasteiger partial charge in [0.25, 0.3) is 0 Å². The standard InChI is InChI=1S/C7H18O2Si3.CH6OSi/c1-6(2)7(8)9-4-3-5-11-12-10;1-2-3/h1,3-5,11-12H2,2,10H3;1,3H3. The van der Waals surface area contributed by atoms with E-state index < -0.39 is 0 Å². The van der Waals surface area contributed by atoms with Crippen LogP contribution < -0.4 is 0 Å². The van der Waals surface area contributed by atoms with E-state index >= 15 is 0 Å². The first-order valence-electron chi connectivity index (χ1n) is 5.32. The van der Waals surface area contributed by atoms with Crippen molar-refractivity contribution in [3.63, 3.8) is 0 Å². The van der Waals surface area contributed by atoms with Gasteiger partial charge >= 0.3 is 5.97 Å². The van der Waals surface area contributed by atoms with Gasteiger partial charge in [0.2, 0.25) is 0 Å². The molecule has 0 aromatic carbocycles. The van der Waals surface area contributed by atoms with Gasteiger partial charge in [-0.05, 0) is 31.7 Å². The van der Waals surface area contributed by atoms with Crippen LogP contribution in [0.2, 0.25) is 6.04 Å². The Morgan fingerprint density at radius 1 is 1.53 bits per heavy atom. The van der Waals surface area contributed by atoms with Gasteiger partial charge in [-0.1, -0.05) is 12.6 Å². The van der Waals surface area contributed by atoms with Gasteiger partial charge in [0, 0.05) is 21.7 Å². The number of rotatable bonds is 6. The maximum Gasteiger partial charge on any atom is 0.333 e. The van der Waals surface area contributed by atoms with E-state index in [-0.39, 0.29) is 5.97 Å². The van der Waals surface area contributed by atoms with Crippen LogP contribution in [0.25, 0.3) is 0 Å². The zero-order valence-corrected chi connectivity index (χ0v) is 17.3. The molecule has 0 spiro atoms. The molecule has 0 aliphatic rings. The van der Waals surface area contributed by atoms with Crippen LogP contribution in [0.4, 0.5) is 0 Å². The van der Waals surface area contributed by atoms with E-state index in [4.69, 9.17) is 4.74 Å². The van der Waals surface area contributed by atoms with Gasteiger partial charge in [-0.2, -0.15) is 0 Å². The second kappa shape index (κ2) is 14.0. The van der Waals surface area contributed by atoms with Gasteiger partial charge in [0.15, 0.2) is 0 Å². The van der Waals surface area contributed by atoms with E-state index in [0.717, 1.165) is 16.9 Å². The summed E-state index contributed by atoms with van der Waals surface area (Å²) in [6.07, 6.45) is 1.08.